The molecule has 2 heterocycles. The minimum atomic E-state index is -1.00. The number of carboxylic acid groups (broad SMARTS) is 1. The predicted molar refractivity (Wildman–Crippen MR) is 96.4 cm³/mol. The molecule has 1 amide bonds. The van der Waals surface area contributed by atoms with E-state index in [-0.39, 0.29) is 5.69 Å². The van der Waals surface area contributed by atoms with Crippen molar-refractivity contribution in [1.82, 2.24) is 9.97 Å². The summed E-state index contributed by atoms with van der Waals surface area (Å²) in [5, 5.41) is 10.9. The maximum atomic E-state index is 10.7. The van der Waals surface area contributed by atoms with Gasteiger partial charge in [0.25, 0.3) is 5.91 Å². The third-order valence-electron chi connectivity index (χ3n) is 3.11. The van der Waals surface area contributed by atoms with Crippen molar-refractivity contribution in [2.75, 3.05) is 5.73 Å². The summed E-state index contributed by atoms with van der Waals surface area (Å²) in [4.78, 5) is 29.2. The fourth-order valence-electron chi connectivity index (χ4n) is 1.88. The number of carbonyl (C=O) groups excluding carboxylic acids is 1. The summed E-state index contributed by atoms with van der Waals surface area (Å²) < 4.78 is 0. The van der Waals surface area contributed by atoms with Gasteiger partial charge in [-0.25, -0.2) is 9.78 Å². The Bertz CT molecular complexity index is 894. The highest BCUT2D eigenvalue weighted by molar-refractivity contribution is 7.13. The van der Waals surface area contributed by atoms with Gasteiger partial charge in [-0.15, -0.1) is 11.3 Å². The summed E-state index contributed by atoms with van der Waals surface area (Å²) in [5.74, 6) is -1.48. The molecule has 3 aromatic rings. The van der Waals surface area contributed by atoms with Crippen molar-refractivity contribution < 1.29 is 14.7 Å². The number of aromatic nitrogens is 2. The Labute approximate surface area is 148 Å². The van der Waals surface area contributed by atoms with Crippen LogP contribution in [0.15, 0.2) is 48.1 Å². The molecule has 25 heavy (non-hydrogen) atoms. The van der Waals surface area contributed by atoms with Crippen molar-refractivity contribution in [2.24, 2.45) is 5.73 Å². The summed E-state index contributed by atoms with van der Waals surface area (Å²) in [6, 6.07) is 8.82. The molecule has 0 aliphatic heterocycles. The molecule has 8 heteroatoms. The molecule has 0 bridgehead atoms. The fourth-order valence-corrected chi connectivity index (χ4v) is 2.66. The molecule has 0 aliphatic rings. The van der Waals surface area contributed by atoms with E-state index in [0.29, 0.717) is 16.3 Å². The Morgan fingerprint density at radius 1 is 1.24 bits per heavy atom. The van der Waals surface area contributed by atoms with E-state index < -0.39 is 11.9 Å². The van der Waals surface area contributed by atoms with Crippen molar-refractivity contribution >= 4 is 28.9 Å². The molecule has 3 rings (SSSR count). The molecule has 0 unspecified atom stereocenters. The number of pyridine rings is 1. The summed E-state index contributed by atoms with van der Waals surface area (Å²) >= 11 is 1.30. The lowest BCUT2D eigenvalue weighted by molar-refractivity contribution is 0.0691. The highest BCUT2D eigenvalue weighted by atomic mass is 32.1. The van der Waals surface area contributed by atoms with E-state index >= 15 is 0 Å². The fraction of sp³-hybridized carbons (Fsp3) is 0.0588. The van der Waals surface area contributed by atoms with E-state index in [2.05, 4.69) is 9.97 Å². The maximum Gasteiger partial charge on any atom is 0.355 e. The molecule has 0 saturated heterocycles. The molecular weight excluding hydrogens is 340 g/mol. The first-order chi connectivity index (χ1) is 11.9. The number of rotatable bonds is 3. The summed E-state index contributed by atoms with van der Waals surface area (Å²) in [6.07, 6.45) is 3.32. The molecule has 1 aromatic carbocycles. The summed E-state index contributed by atoms with van der Waals surface area (Å²) in [5.41, 5.74) is 13.3. The van der Waals surface area contributed by atoms with Crippen LogP contribution in [-0.2, 0) is 0 Å². The van der Waals surface area contributed by atoms with Gasteiger partial charge in [0, 0.05) is 29.0 Å². The molecular formula is C17H16N4O3S. The quantitative estimate of drug-likeness (QED) is 0.618. The number of nitrogens with zero attached hydrogens (tertiary/aromatic N) is 2. The standard InChI is InChI=1S/C9H6N2O2S.C8H10N2O/c12-9(13)7-5-14-8(11-7)6-2-1-3-10-4-6;1-5-2-3-7(9)6(4-5)8(10)11/h1-5H,(H,12,13);2-4H,9H2,1H3,(H2,10,11). The van der Waals surface area contributed by atoms with Gasteiger partial charge in [0.1, 0.15) is 5.01 Å². The van der Waals surface area contributed by atoms with E-state index in [9.17, 15) is 9.59 Å². The largest absolute Gasteiger partial charge is 0.476 e. The average Bonchev–Trinajstić information content (AvgIpc) is 3.09. The van der Waals surface area contributed by atoms with Crippen LogP contribution in [0.1, 0.15) is 26.4 Å². The third-order valence-corrected chi connectivity index (χ3v) is 4.00. The maximum absolute atomic E-state index is 10.7. The summed E-state index contributed by atoms with van der Waals surface area (Å²) in [7, 11) is 0. The number of thiazole rings is 1. The Hall–Kier alpha value is -3.26. The molecule has 0 atom stereocenters. The van der Waals surface area contributed by atoms with Gasteiger partial charge >= 0.3 is 5.97 Å². The van der Waals surface area contributed by atoms with Crippen LogP contribution >= 0.6 is 11.3 Å². The third kappa shape index (κ3) is 4.85. The highest BCUT2D eigenvalue weighted by Crippen LogP contribution is 2.22. The van der Waals surface area contributed by atoms with Gasteiger partial charge < -0.3 is 16.6 Å². The number of nitrogen functional groups attached to an aromatic ring is 1. The lowest BCUT2D eigenvalue weighted by atomic mass is 10.1. The minimum Gasteiger partial charge on any atom is -0.476 e. The van der Waals surface area contributed by atoms with Crippen molar-refractivity contribution in [3.63, 3.8) is 0 Å². The Morgan fingerprint density at radius 2 is 2.00 bits per heavy atom. The topological polar surface area (TPSA) is 132 Å². The van der Waals surface area contributed by atoms with Gasteiger partial charge in [-0.3, -0.25) is 9.78 Å². The number of aromatic carboxylic acids is 1. The molecule has 0 saturated carbocycles. The predicted octanol–water partition coefficient (Wildman–Crippen LogP) is 2.58. The first-order valence-electron chi connectivity index (χ1n) is 7.13. The number of anilines is 1. The van der Waals surface area contributed by atoms with Crippen molar-refractivity contribution in [2.45, 2.75) is 6.92 Å². The second-order valence-corrected chi connectivity index (χ2v) is 5.90. The molecule has 0 radical (unpaired) electrons. The van der Waals surface area contributed by atoms with Crippen LogP contribution < -0.4 is 11.5 Å². The van der Waals surface area contributed by atoms with Crippen LogP contribution in [-0.4, -0.2) is 27.0 Å². The number of carboxylic acids is 1. The van der Waals surface area contributed by atoms with Gasteiger partial charge in [0.2, 0.25) is 0 Å². The van der Waals surface area contributed by atoms with Gasteiger partial charge in [0.05, 0.1) is 5.56 Å². The Morgan fingerprint density at radius 3 is 2.52 bits per heavy atom. The van der Waals surface area contributed by atoms with Crippen LogP contribution in [0.25, 0.3) is 10.6 Å². The lowest BCUT2D eigenvalue weighted by Crippen LogP contribution is -2.13. The summed E-state index contributed by atoms with van der Waals surface area (Å²) in [6.45, 7) is 1.88. The van der Waals surface area contributed by atoms with Crippen molar-refractivity contribution in [1.29, 1.82) is 0 Å². The minimum absolute atomic E-state index is 0.0776. The van der Waals surface area contributed by atoms with Gasteiger partial charge in [-0.1, -0.05) is 11.6 Å². The number of aryl methyl sites for hydroxylation is 1. The smallest absolute Gasteiger partial charge is 0.355 e. The number of benzene rings is 1. The number of primary amides is 1. The Balaban J connectivity index is 0.000000186. The number of hydrogen-bond donors (Lipinski definition) is 3. The lowest BCUT2D eigenvalue weighted by Gasteiger charge is -2.01. The zero-order chi connectivity index (χ0) is 18.4. The van der Waals surface area contributed by atoms with Crippen LogP contribution in [0, 0.1) is 6.92 Å². The van der Waals surface area contributed by atoms with E-state index in [1.54, 1.807) is 30.6 Å². The highest BCUT2D eigenvalue weighted by Gasteiger charge is 2.09. The van der Waals surface area contributed by atoms with Crippen molar-refractivity contribution in [3.05, 3.63) is 64.9 Å². The van der Waals surface area contributed by atoms with Crippen LogP contribution in [0.2, 0.25) is 0 Å². The monoisotopic (exact) mass is 356 g/mol. The zero-order valence-corrected chi connectivity index (χ0v) is 14.2. The first-order valence-corrected chi connectivity index (χ1v) is 8.01. The molecule has 2 aromatic heterocycles. The number of nitrogens with two attached hydrogens (primary N) is 2. The second kappa shape index (κ2) is 8.02. The molecule has 7 nitrogen and oxygen atoms in total. The zero-order valence-electron chi connectivity index (χ0n) is 13.3. The first kappa shape index (κ1) is 18.1. The normalized spacial score (nSPS) is 9.80. The van der Waals surface area contributed by atoms with E-state index in [4.69, 9.17) is 16.6 Å². The van der Waals surface area contributed by atoms with E-state index in [0.717, 1.165) is 11.1 Å². The van der Waals surface area contributed by atoms with Gasteiger partial charge in [0.15, 0.2) is 5.69 Å². The molecule has 0 aliphatic carbocycles. The SMILES string of the molecule is Cc1ccc(N)c(C(N)=O)c1.O=C(O)c1csc(-c2cccnc2)n1. The molecule has 0 spiro atoms. The number of carbonyl (C=O) groups is 2. The van der Waals surface area contributed by atoms with Crippen LogP contribution in [0.4, 0.5) is 5.69 Å². The second-order valence-electron chi connectivity index (χ2n) is 5.04. The molecule has 128 valence electrons. The van der Waals surface area contributed by atoms with E-state index in [1.807, 2.05) is 19.1 Å². The number of amides is 1. The molecule has 5 N–H and O–H groups in total. The molecule has 0 fully saturated rings. The van der Waals surface area contributed by atoms with Crippen molar-refractivity contribution in [3.8, 4) is 10.6 Å². The van der Waals surface area contributed by atoms with Crippen LogP contribution in [0.3, 0.4) is 0 Å². The Kier molecular flexibility index (Phi) is 5.80. The van der Waals surface area contributed by atoms with Gasteiger partial charge in [-0.05, 0) is 31.2 Å². The number of hydrogen-bond acceptors (Lipinski definition) is 6. The average molecular weight is 356 g/mol. The van der Waals surface area contributed by atoms with Crippen LogP contribution in [0.5, 0.6) is 0 Å². The van der Waals surface area contributed by atoms with Gasteiger partial charge in [-0.2, -0.15) is 0 Å². The van der Waals surface area contributed by atoms with E-state index in [1.165, 1.54) is 16.7 Å².